The van der Waals surface area contributed by atoms with Crippen molar-refractivity contribution < 1.29 is 4.79 Å². The first-order chi connectivity index (χ1) is 4.39. The van der Waals surface area contributed by atoms with E-state index in [0.29, 0.717) is 0 Å². The summed E-state index contributed by atoms with van der Waals surface area (Å²) in [5.74, 6) is 0. The molecule has 0 saturated heterocycles. The van der Waals surface area contributed by atoms with Gasteiger partial charge in [-0.3, -0.25) is 4.98 Å². The van der Waals surface area contributed by atoms with E-state index in [1.54, 1.807) is 6.20 Å². The molecule has 0 aliphatic carbocycles. The number of carbonyl (C=O) groups excluding carboxylic acids is 1. The highest BCUT2D eigenvalue weighted by atomic mass is 16.1. The summed E-state index contributed by atoms with van der Waals surface area (Å²) < 4.78 is 0. The molecular weight excluding hydrogens is 114 g/mol. The van der Waals surface area contributed by atoms with Crippen molar-refractivity contribution in [2.45, 2.75) is 6.92 Å². The highest BCUT2D eigenvalue weighted by molar-refractivity contribution is 5.11. The Kier molecular flexibility index (Phi) is 4.32. The summed E-state index contributed by atoms with van der Waals surface area (Å²) in [7, 11) is 0. The standard InChI is InChI=1S/C6H7N.CH2O/c1-6-3-2-4-7-5-6;1-2/h2-5H,1H3;1H2. The molecule has 1 aromatic heterocycles. The third kappa shape index (κ3) is 3.41. The van der Waals surface area contributed by atoms with Crippen molar-refractivity contribution in [1.82, 2.24) is 4.98 Å². The lowest BCUT2D eigenvalue weighted by molar-refractivity contribution is -0.0979. The van der Waals surface area contributed by atoms with Gasteiger partial charge in [0.15, 0.2) is 0 Å². The molecule has 0 saturated carbocycles. The van der Waals surface area contributed by atoms with Gasteiger partial charge in [-0.2, -0.15) is 0 Å². The summed E-state index contributed by atoms with van der Waals surface area (Å²) in [4.78, 5) is 11.9. The van der Waals surface area contributed by atoms with Gasteiger partial charge in [-0.1, -0.05) is 6.07 Å². The van der Waals surface area contributed by atoms with Crippen molar-refractivity contribution in [3.8, 4) is 0 Å². The Morgan fingerprint density at radius 1 is 1.56 bits per heavy atom. The van der Waals surface area contributed by atoms with Crippen LogP contribution in [0.3, 0.4) is 0 Å². The van der Waals surface area contributed by atoms with E-state index in [9.17, 15) is 0 Å². The van der Waals surface area contributed by atoms with Crippen molar-refractivity contribution in [3.63, 3.8) is 0 Å². The normalized spacial score (nSPS) is 7.22. The van der Waals surface area contributed by atoms with E-state index in [1.165, 1.54) is 5.56 Å². The molecule has 0 radical (unpaired) electrons. The number of aryl methyl sites for hydroxylation is 1. The lowest BCUT2D eigenvalue weighted by atomic mass is 10.3. The summed E-state index contributed by atoms with van der Waals surface area (Å²) in [5.41, 5.74) is 1.21. The second-order valence-corrected chi connectivity index (χ2v) is 1.53. The van der Waals surface area contributed by atoms with Gasteiger partial charge in [-0.25, -0.2) is 0 Å². The molecule has 0 atom stereocenters. The maximum absolute atomic E-state index is 8.00. The topological polar surface area (TPSA) is 30.0 Å². The zero-order valence-corrected chi connectivity index (χ0v) is 5.37. The quantitative estimate of drug-likeness (QED) is 0.519. The molecule has 0 spiro atoms. The largest absolute Gasteiger partial charge is 0.307 e. The Morgan fingerprint density at radius 2 is 2.22 bits per heavy atom. The van der Waals surface area contributed by atoms with E-state index in [-0.39, 0.29) is 0 Å². The van der Waals surface area contributed by atoms with Gasteiger partial charge in [0.2, 0.25) is 0 Å². The van der Waals surface area contributed by atoms with E-state index in [1.807, 2.05) is 32.0 Å². The molecule has 0 aliphatic heterocycles. The van der Waals surface area contributed by atoms with Crippen molar-refractivity contribution in [2.75, 3.05) is 0 Å². The summed E-state index contributed by atoms with van der Waals surface area (Å²) in [6, 6.07) is 3.95. The molecule has 0 unspecified atom stereocenters. The molecule has 9 heavy (non-hydrogen) atoms. The van der Waals surface area contributed by atoms with Crippen molar-refractivity contribution in [2.24, 2.45) is 0 Å². The molecule has 48 valence electrons. The van der Waals surface area contributed by atoms with Crippen LogP contribution in [0.1, 0.15) is 5.56 Å². The van der Waals surface area contributed by atoms with Gasteiger partial charge in [0, 0.05) is 12.4 Å². The minimum atomic E-state index is 1.21. The number of aromatic nitrogens is 1. The molecule has 1 rings (SSSR count). The van der Waals surface area contributed by atoms with Crippen LogP contribution < -0.4 is 0 Å². The van der Waals surface area contributed by atoms with Crippen molar-refractivity contribution in [1.29, 1.82) is 0 Å². The van der Waals surface area contributed by atoms with E-state index in [4.69, 9.17) is 4.79 Å². The van der Waals surface area contributed by atoms with Crippen molar-refractivity contribution in [3.05, 3.63) is 30.1 Å². The Bertz CT molecular complexity index is 150. The predicted octanol–water partition coefficient (Wildman–Crippen LogP) is 1.21. The maximum atomic E-state index is 8.00. The van der Waals surface area contributed by atoms with Gasteiger partial charge in [-0.05, 0) is 18.6 Å². The van der Waals surface area contributed by atoms with E-state index >= 15 is 0 Å². The van der Waals surface area contributed by atoms with Gasteiger partial charge in [0.25, 0.3) is 0 Å². The Labute approximate surface area is 54.5 Å². The van der Waals surface area contributed by atoms with Gasteiger partial charge < -0.3 is 4.79 Å². The van der Waals surface area contributed by atoms with Gasteiger partial charge in [-0.15, -0.1) is 0 Å². The van der Waals surface area contributed by atoms with E-state index in [2.05, 4.69) is 4.98 Å². The molecule has 1 heterocycles. The molecule has 0 bridgehead atoms. The number of hydrogen-bond acceptors (Lipinski definition) is 2. The van der Waals surface area contributed by atoms with Crippen LogP contribution in [0.2, 0.25) is 0 Å². The number of pyridine rings is 1. The van der Waals surface area contributed by atoms with Crippen LogP contribution in [0.4, 0.5) is 0 Å². The van der Waals surface area contributed by atoms with Gasteiger partial charge in [0.05, 0.1) is 0 Å². The molecule has 2 nitrogen and oxygen atoms in total. The number of hydrogen-bond donors (Lipinski definition) is 0. The van der Waals surface area contributed by atoms with Crippen LogP contribution in [0.15, 0.2) is 24.5 Å². The minimum Gasteiger partial charge on any atom is -0.307 e. The third-order valence-corrected chi connectivity index (χ3v) is 0.809. The zero-order valence-electron chi connectivity index (χ0n) is 5.37. The van der Waals surface area contributed by atoms with Crippen LogP contribution >= 0.6 is 0 Å². The van der Waals surface area contributed by atoms with Crippen LogP contribution in [-0.4, -0.2) is 11.8 Å². The summed E-state index contributed by atoms with van der Waals surface area (Å²) in [6.45, 7) is 4.02. The third-order valence-electron chi connectivity index (χ3n) is 0.809. The Morgan fingerprint density at radius 3 is 2.44 bits per heavy atom. The Balaban J connectivity index is 0.000000291. The lowest BCUT2D eigenvalue weighted by Gasteiger charge is -1.82. The predicted molar refractivity (Wildman–Crippen MR) is 36.1 cm³/mol. The smallest absolute Gasteiger partial charge is 0.106 e. The van der Waals surface area contributed by atoms with Crippen LogP contribution in [0, 0.1) is 6.92 Å². The SMILES string of the molecule is C=O.Cc1cccnc1. The second-order valence-electron chi connectivity index (χ2n) is 1.53. The zero-order chi connectivity index (χ0) is 7.11. The molecule has 1 aromatic rings. The minimum absolute atomic E-state index is 1.21. The average molecular weight is 123 g/mol. The first-order valence-corrected chi connectivity index (χ1v) is 2.55. The summed E-state index contributed by atoms with van der Waals surface area (Å²) in [5, 5.41) is 0. The number of carbonyl (C=O) groups is 1. The fourth-order valence-electron chi connectivity index (χ4n) is 0.448. The van der Waals surface area contributed by atoms with Crippen LogP contribution in [0.5, 0.6) is 0 Å². The molecule has 0 N–H and O–H groups in total. The van der Waals surface area contributed by atoms with Gasteiger partial charge in [0.1, 0.15) is 6.79 Å². The first kappa shape index (κ1) is 7.82. The highest BCUT2D eigenvalue weighted by Gasteiger charge is 1.73. The summed E-state index contributed by atoms with van der Waals surface area (Å²) in [6.07, 6.45) is 3.60. The lowest BCUT2D eigenvalue weighted by Crippen LogP contribution is -1.69. The molecule has 0 amide bonds. The molecule has 0 aromatic carbocycles. The molecule has 0 aliphatic rings. The second kappa shape index (κ2) is 4.97. The first-order valence-electron chi connectivity index (χ1n) is 2.55. The van der Waals surface area contributed by atoms with E-state index in [0.717, 1.165) is 0 Å². The molecule has 2 heteroatoms. The van der Waals surface area contributed by atoms with Crippen LogP contribution in [0.25, 0.3) is 0 Å². The van der Waals surface area contributed by atoms with E-state index < -0.39 is 0 Å². The highest BCUT2D eigenvalue weighted by Crippen LogP contribution is 1.88. The number of rotatable bonds is 0. The number of nitrogens with zero attached hydrogens (tertiary/aromatic N) is 1. The van der Waals surface area contributed by atoms with Crippen LogP contribution in [-0.2, 0) is 4.79 Å². The fraction of sp³-hybridized carbons (Fsp3) is 0.143. The fourth-order valence-corrected chi connectivity index (χ4v) is 0.448. The van der Waals surface area contributed by atoms with Gasteiger partial charge >= 0.3 is 0 Å². The average Bonchev–Trinajstić information content (AvgIpc) is 1.94. The summed E-state index contributed by atoms with van der Waals surface area (Å²) >= 11 is 0. The molecular formula is C7H9NO. The monoisotopic (exact) mass is 123 g/mol. The Hall–Kier alpha value is -1.18. The van der Waals surface area contributed by atoms with Crippen molar-refractivity contribution >= 4 is 6.79 Å². The molecule has 0 fully saturated rings. The maximum Gasteiger partial charge on any atom is 0.106 e.